The average molecular weight is 259 g/mol. The van der Waals surface area contributed by atoms with Crippen molar-refractivity contribution in [2.75, 3.05) is 6.54 Å². The molecule has 2 rings (SSSR count). The highest BCUT2D eigenvalue weighted by Crippen LogP contribution is 2.44. The standard InChI is InChI=1S/C10H13NO5S/c1-10(4-5-10)6-11-17(14,15)8-3-2-7(16-8)9(12)13/h2-3,11H,4-6H2,1H3,(H,12,13). The smallest absolute Gasteiger partial charge is 0.371 e. The molecule has 0 aliphatic heterocycles. The van der Waals surface area contributed by atoms with Crippen molar-refractivity contribution < 1.29 is 22.7 Å². The van der Waals surface area contributed by atoms with E-state index in [0.29, 0.717) is 6.54 Å². The molecule has 0 saturated heterocycles. The largest absolute Gasteiger partial charge is 0.475 e. The third-order valence-corrected chi connectivity index (χ3v) is 4.12. The van der Waals surface area contributed by atoms with E-state index in [9.17, 15) is 13.2 Å². The molecule has 1 aromatic rings. The molecule has 17 heavy (non-hydrogen) atoms. The van der Waals surface area contributed by atoms with Gasteiger partial charge in [0.1, 0.15) is 0 Å². The number of carboxylic acid groups (broad SMARTS) is 1. The van der Waals surface area contributed by atoms with Crippen LogP contribution in [0.25, 0.3) is 0 Å². The molecule has 2 N–H and O–H groups in total. The molecule has 1 aliphatic carbocycles. The quantitative estimate of drug-likeness (QED) is 0.824. The van der Waals surface area contributed by atoms with Gasteiger partial charge in [-0.1, -0.05) is 6.92 Å². The lowest BCUT2D eigenvalue weighted by Gasteiger charge is -2.08. The number of carboxylic acids is 1. The molecule has 1 saturated carbocycles. The average Bonchev–Trinajstić information content (AvgIpc) is 2.81. The zero-order valence-corrected chi connectivity index (χ0v) is 10.1. The molecule has 0 spiro atoms. The van der Waals surface area contributed by atoms with E-state index in [1.807, 2.05) is 6.92 Å². The van der Waals surface area contributed by atoms with Crippen molar-refractivity contribution >= 4 is 16.0 Å². The molecule has 0 bridgehead atoms. The van der Waals surface area contributed by atoms with E-state index in [0.717, 1.165) is 25.0 Å². The molecule has 6 nitrogen and oxygen atoms in total. The van der Waals surface area contributed by atoms with Crippen molar-refractivity contribution in [3.05, 3.63) is 17.9 Å². The van der Waals surface area contributed by atoms with Gasteiger partial charge in [0, 0.05) is 6.54 Å². The fraction of sp³-hybridized carbons (Fsp3) is 0.500. The van der Waals surface area contributed by atoms with Gasteiger partial charge in [0.2, 0.25) is 10.9 Å². The minimum Gasteiger partial charge on any atom is -0.475 e. The van der Waals surface area contributed by atoms with Crippen LogP contribution in [0.1, 0.15) is 30.3 Å². The van der Waals surface area contributed by atoms with Gasteiger partial charge in [-0.2, -0.15) is 0 Å². The zero-order valence-electron chi connectivity index (χ0n) is 9.26. The highest BCUT2D eigenvalue weighted by molar-refractivity contribution is 7.89. The Labute approximate surface area is 98.7 Å². The summed E-state index contributed by atoms with van der Waals surface area (Å²) in [6.07, 6.45) is 1.99. The Balaban J connectivity index is 2.10. The summed E-state index contributed by atoms with van der Waals surface area (Å²) in [6.45, 7) is 2.33. The second-order valence-corrected chi connectivity index (χ2v) is 6.26. The number of hydrogen-bond acceptors (Lipinski definition) is 4. The Morgan fingerprint density at radius 3 is 2.65 bits per heavy atom. The van der Waals surface area contributed by atoms with Gasteiger partial charge in [-0.3, -0.25) is 0 Å². The van der Waals surface area contributed by atoms with Crippen LogP contribution in [0.2, 0.25) is 0 Å². The first-order chi connectivity index (χ1) is 7.82. The second-order valence-electron chi connectivity index (χ2n) is 4.56. The Morgan fingerprint density at radius 1 is 1.53 bits per heavy atom. The number of nitrogens with one attached hydrogen (secondary N) is 1. The third-order valence-electron chi connectivity index (χ3n) is 2.85. The minimum absolute atomic E-state index is 0.0370. The molecule has 0 amide bonds. The molecule has 0 radical (unpaired) electrons. The van der Waals surface area contributed by atoms with Gasteiger partial charge in [0.25, 0.3) is 10.0 Å². The molecule has 1 fully saturated rings. The maximum absolute atomic E-state index is 11.7. The third kappa shape index (κ3) is 2.67. The highest BCUT2D eigenvalue weighted by Gasteiger charge is 2.38. The number of aromatic carboxylic acids is 1. The van der Waals surface area contributed by atoms with Gasteiger partial charge >= 0.3 is 5.97 Å². The summed E-state index contributed by atoms with van der Waals surface area (Å²) in [5.74, 6) is -1.68. The summed E-state index contributed by atoms with van der Waals surface area (Å²) in [5.41, 5.74) is 0.0370. The molecule has 1 heterocycles. The van der Waals surface area contributed by atoms with Crippen molar-refractivity contribution in [1.82, 2.24) is 4.72 Å². The first-order valence-electron chi connectivity index (χ1n) is 5.15. The van der Waals surface area contributed by atoms with Crippen LogP contribution in [0.5, 0.6) is 0 Å². The first-order valence-corrected chi connectivity index (χ1v) is 6.64. The molecule has 0 unspecified atom stereocenters. The Kier molecular flexibility index (Phi) is 2.75. The van der Waals surface area contributed by atoms with Gasteiger partial charge in [-0.05, 0) is 30.4 Å². The summed E-state index contributed by atoms with van der Waals surface area (Å²) in [5, 5.41) is 8.26. The number of sulfonamides is 1. The molecule has 94 valence electrons. The van der Waals surface area contributed by atoms with Gasteiger partial charge in [-0.25, -0.2) is 17.9 Å². The maximum atomic E-state index is 11.7. The van der Waals surface area contributed by atoms with Crippen LogP contribution in [0.15, 0.2) is 21.6 Å². The summed E-state index contributed by atoms with van der Waals surface area (Å²) < 4.78 is 30.7. The van der Waals surface area contributed by atoms with Crippen LogP contribution >= 0.6 is 0 Å². The molecule has 1 aromatic heterocycles. The van der Waals surface area contributed by atoms with Gasteiger partial charge < -0.3 is 9.52 Å². The Morgan fingerprint density at radius 2 is 2.18 bits per heavy atom. The number of hydrogen-bond donors (Lipinski definition) is 2. The molecule has 1 aliphatic rings. The summed E-state index contributed by atoms with van der Waals surface area (Å²) in [7, 11) is -3.75. The van der Waals surface area contributed by atoms with Crippen LogP contribution < -0.4 is 4.72 Å². The van der Waals surface area contributed by atoms with Gasteiger partial charge in [-0.15, -0.1) is 0 Å². The topological polar surface area (TPSA) is 96.6 Å². The predicted octanol–water partition coefficient (Wildman–Crippen LogP) is 1.06. The Bertz CT molecular complexity index is 541. The van der Waals surface area contributed by atoms with Crippen molar-refractivity contribution in [1.29, 1.82) is 0 Å². The molecule has 0 atom stereocenters. The molecule has 0 aromatic carbocycles. The van der Waals surface area contributed by atoms with Gasteiger partial charge in [0.05, 0.1) is 0 Å². The summed E-state index contributed by atoms with van der Waals surface area (Å²) in [4.78, 5) is 10.6. The normalized spacial score (nSPS) is 17.9. The minimum atomic E-state index is -3.75. The zero-order chi connectivity index (χ0) is 12.7. The summed E-state index contributed by atoms with van der Waals surface area (Å²) in [6, 6.07) is 2.26. The number of carbonyl (C=O) groups is 1. The fourth-order valence-electron chi connectivity index (χ4n) is 1.31. The van der Waals surface area contributed by atoms with Crippen molar-refractivity contribution in [2.24, 2.45) is 5.41 Å². The fourth-order valence-corrected chi connectivity index (χ4v) is 2.44. The van der Waals surface area contributed by atoms with E-state index < -0.39 is 16.0 Å². The van der Waals surface area contributed by atoms with Crippen molar-refractivity contribution in [3.8, 4) is 0 Å². The first kappa shape index (κ1) is 12.1. The van der Waals surface area contributed by atoms with Gasteiger partial charge in [0.15, 0.2) is 0 Å². The monoisotopic (exact) mass is 259 g/mol. The van der Waals surface area contributed by atoms with E-state index in [1.165, 1.54) is 0 Å². The van der Waals surface area contributed by atoms with Crippen molar-refractivity contribution in [3.63, 3.8) is 0 Å². The predicted molar refractivity (Wildman–Crippen MR) is 58.2 cm³/mol. The number of rotatable bonds is 5. The van der Waals surface area contributed by atoms with Crippen LogP contribution in [0, 0.1) is 5.41 Å². The van der Waals surface area contributed by atoms with Crippen LogP contribution in [0.3, 0.4) is 0 Å². The number of furan rings is 1. The van der Waals surface area contributed by atoms with E-state index in [4.69, 9.17) is 9.52 Å². The van der Waals surface area contributed by atoms with E-state index in [-0.39, 0.29) is 16.3 Å². The lowest BCUT2D eigenvalue weighted by Crippen LogP contribution is -2.28. The Hall–Kier alpha value is -1.34. The summed E-state index contributed by atoms with van der Waals surface area (Å²) >= 11 is 0. The van der Waals surface area contributed by atoms with E-state index in [2.05, 4.69) is 4.72 Å². The van der Waals surface area contributed by atoms with E-state index in [1.54, 1.807) is 0 Å². The van der Waals surface area contributed by atoms with Crippen LogP contribution in [-0.4, -0.2) is 26.0 Å². The lowest BCUT2D eigenvalue weighted by molar-refractivity contribution is 0.0656. The van der Waals surface area contributed by atoms with Crippen LogP contribution in [-0.2, 0) is 10.0 Å². The van der Waals surface area contributed by atoms with E-state index >= 15 is 0 Å². The maximum Gasteiger partial charge on any atom is 0.371 e. The lowest BCUT2D eigenvalue weighted by atomic mass is 10.2. The molecular formula is C10H13NO5S. The second kappa shape index (κ2) is 3.85. The highest BCUT2D eigenvalue weighted by atomic mass is 32.2. The molecule has 7 heteroatoms. The molecular weight excluding hydrogens is 246 g/mol. The van der Waals surface area contributed by atoms with Crippen LogP contribution in [0.4, 0.5) is 0 Å². The SMILES string of the molecule is CC1(CNS(=O)(=O)c2ccc(C(=O)O)o2)CC1. The van der Waals surface area contributed by atoms with Crippen molar-refractivity contribution in [2.45, 2.75) is 24.9 Å².